The van der Waals surface area contributed by atoms with Gasteiger partial charge >= 0.3 is 0 Å². The highest BCUT2D eigenvalue weighted by atomic mass is 16.5. The molecule has 0 aliphatic carbocycles. The molecular formula is C17H21NO3. The highest BCUT2D eigenvalue weighted by Gasteiger charge is 2.17. The molecule has 4 heteroatoms. The van der Waals surface area contributed by atoms with E-state index in [4.69, 9.17) is 9.15 Å². The van der Waals surface area contributed by atoms with Gasteiger partial charge in [0, 0.05) is 24.0 Å². The van der Waals surface area contributed by atoms with Gasteiger partial charge in [0.15, 0.2) is 0 Å². The van der Waals surface area contributed by atoms with Crippen LogP contribution in [0.5, 0.6) is 0 Å². The van der Waals surface area contributed by atoms with Gasteiger partial charge in [-0.1, -0.05) is 18.2 Å². The van der Waals surface area contributed by atoms with Crippen molar-refractivity contribution in [1.82, 2.24) is 5.32 Å². The Bertz CT molecular complexity index is 626. The van der Waals surface area contributed by atoms with Crippen LogP contribution in [0.25, 0.3) is 11.0 Å². The number of carbonyl (C=O) groups excluding carboxylic acids is 1. The van der Waals surface area contributed by atoms with E-state index in [9.17, 15) is 4.79 Å². The smallest absolute Gasteiger partial charge is 0.220 e. The Balaban J connectivity index is 1.53. The second-order valence-corrected chi connectivity index (χ2v) is 5.60. The minimum absolute atomic E-state index is 0.0605. The largest absolute Gasteiger partial charge is 0.459 e. The number of benzene rings is 1. The molecule has 1 aliphatic heterocycles. The molecule has 0 unspecified atom stereocenters. The van der Waals surface area contributed by atoms with Crippen molar-refractivity contribution in [2.24, 2.45) is 0 Å². The summed E-state index contributed by atoms with van der Waals surface area (Å²) < 4.78 is 11.3. The number of hydrogen-bond donors (Lipinski definition) is 1. The fourth-order valence-corrected chi connectivity index (χ4v) is 2.82. The molecule has 2 heterocycles. The molecule has 21 heavy (non-hydrogen) atoms. The number of ether oxygens (including phenoxy) is 1. The first kappa shape index (κ1) is 14.1. The van der Waals surface area contributed by atoms with Gasteiger partial charge in [-0.05, 0) is 32.3 Å². The summed E-state index contributed by atoms with van der Waals surface area (Å²) in [7, 11) is 0. The second kappa shape index (κ2) is 6.31. The number of rotatable bonds is 5. The van der Waals surface area contributed by atoms with E-state index in [1.807, 2.05) is 31.2 Å². The maximum atomic E-state index is 11.9. The first-order valence-corrected chi connectivity index (χ1v) is 7.59. The van der Waals surface area contributed by atoms with Crippen molar-refractivity contribution in [3.05, 3.63) is 35.6 Å². The third kappa shape index (κ3) is 3.27. The fourth-order valence-electron chi connectivity index (χ4n) is 2.82. The van der Waals surface area contributed by atoms with Crippen LogP contribution in [-0.2, 0) is 16.1 Å². The maximum Gasteiger partial charge on any atom is 0.220 e. The Morgan fingerprint density at radius 1 is 1.38 bits per heavy atom. The summed E-state index contributed by atoms with van der Waals surface area (Å²) >= 11 is 0. The van der Waals surface area contributed by atoms with Crippen molar-refractivity contribution >= 4 is 16.9 Å². The molecule has 0 saturated carbocycles. The normalized spacial score (nSPS) is 18.2. The number of aryl methyl sites for hydroxylation is 1. The summed E-state index contributed by atoms with van der Waals surface area (Å²) in [5.74, 6) is 0.895. The number of amides is 1. The number of nitrogens with one attached hydrogen (secondary N) is 1. The molecule has 1 N–H and O–H groups in total. The van der Waals surface area contributed by atoms with Gasteiger partial charge in [-0.3, -0.25) is 4.79 Å². The van der Waals surface area contributed by atoms with E-state index in [2.05, 4.69) is 5.32 Å². The Morgan fingerprint density at radius 2 is 2.24 bits per heavy atom. The molecule has 1 aliphatic rings. The summed E-state index contributed by atoms with van der Waals surface area (Å²) in [6.45, 7) is 3.31. The summed E-state index contributed by atoms with van der Waals surface area (Å²) in [6, 6.07) is 7.94. The molecule has 3 rings (SSSR count). The lowest BCUT2D eigenvalue weighted by Crippen LogP contribution is -2.24. The van der Waals surface area contributed by atoms with E-state index in [1.165, 1.54) is 0 Å². The van der Waals surface area contributed by atoms with Gasteiger partial charge in [-0.25, -0.2) is 0 Å². The number of furan rings is 1. The highest BCUT2D eigenvalue weighted by Crippen LogP contribution is 2.24. The summed E-state index contributed by atoms with van der Waals surface area (Å²) in [5.41, 5.74) is 1.98. The second-order valence-electron chi connectivity index (χ2n) is 5.60. The predicted molar refractivity (Wildman–Crippen MR) is 81.0 cm³/mol. The summed E-state index contributed by atoms with van der Waals surface area (Å²) in [5, 5.41) is 4.05. The van der Waals surface area contributed by atoms with Crippen molar-refractivity contribution < 1.29 is 13.9 Å². The highest BCUT2D eigenvalue weighted by molar-refractivity contribution is 5.82. The van der Waals surface area contributed by atoms with E-state index in [0.29, 0.717) is 13.0 Å². The predicted octanol–water partition coefficient (Wildman–Crippen LogP) is 3.32. The van der Waals surface area contributed by atoms with Crippen LogP contribution < -0.4 is 5.32 Å². The molecule has 1 atom stereocenters. The lowest BCUT2D eigenvalue weighted by atomic mass is 10.1. The Hall–Kier alpha value is -1.81. The van der Waals surface area contributed by atoms with Gasteiger partial charge in [-0.2, -0.15) is 0 Å². The zero-order valence-corrected chi connectivity index (χ0v) is 12.4. The topological polar surface area (TPSA) is 51.5 Å². The van der Waals surface area contributed by atoms with Crippen molar-refractivity contribution in [2.75, 3.05) is 6.61 Å². The molecule has 1 aromatic carbocycles. The Morgan fingerprint density at radius 3 is 3.00 bits per heavy atom. The van der Waals surface area contributed by atoms with Crippen molar-refractivity contribution in [3.8, 4) is 0 Å². The SMILES string of the molecule is Cc1c(CNC(=O)CC[C@@H]2CCCO2)oc2ccccc12. The molecule has 0 radical (unpaired) electrons. The average Bonchev–Trinajstić information content (AvgIpc) is 3.12. The lowest BCUT2D eigenvalue weighted by Gasteiger charge is -2.08. The minimum atomic E-state index is 0.0605. The maximum absolute atomic E-state index is 11.9. The average molecular weight is 287 g/mol. The number of carbonyl (C=O) groups is 1. The monoisotopic (exact) mass is 287 g/mol. The standard InChI is InChI=1S/C17H21NO3/c1-12-14-6-2-3-7-15(14)21-16(12)11-18-17(19)9-8-13-5-4-10-20-13/h2-3,6-7,13H,4-5,8-11H2,1H3,(H,18,19)/t13-/m0/s1. The van der Waals surface area contributed by atoms with Gasteiger partial charge in [0.25, 0.3) is 0 Å². The third-order valence-corrected chi connectivity index (χ3v) is 4.11. The third-order valence-electron chi connectivity index (χ3n) is 4.11. The zero-order valence-electron chi connectivity index (χ0n) is 12.4. The zero-order chi connectivity index (χ0) is 14.7. The molecule has 2 aromatic rings. The molecule has 4 nitrogen and oxygen atoms in total. The van der Waals surface area contributed by atoms with Crippen LogP contribution in [0.15, 0.2) is 28.7 Å². The molecule has 0 bridgehead atoms. The molecule has 1 fully saturated rings. The van der Waals surface area contributed by atoms with E-state index in [-0.39, 0.29) is 12.0 Å². The quantitative estimate of drug-likeness (QED) is 0.917. The van der Waals surface area contributed by atoms with Crippen LogP contribution in [0.3, 0.4) is 0 Å². The number of para-hydroxylation sites is 1. The number of fused-ring (bicyclic) bond motifs is 1. The summed E-state index contributed by atoms with van der Waals surface area (Å²) in [6.07, 6.45) is 3.79. The molecule has 1 amide bonds. The lowest BCUT2D eigenvalue weighted by molar-refractivity contribution is -0.121. The van der Waals surface area contributed by atoms with Crippen molar-refractivity contribution in [3.63, 3.8) is 0 Å². The van der Waals surface area contributed by atoms with E-state index in [1.54, 1.807) is 0 Å². The van der Waals surface area contributed by atoms with Crippen LogP contribution >= 0.6 is 0 Å². The molecule has 1 saturated heterocycles. The molecular weight excluding hydrogens is 266 g/mol. The van der Waals surface area contributed by atoms with Crippen LogP contribution in [0.4, 0.5) is 0 Å². The van der Waals surface area contributed by atoms with E-state index in [0.717, 1.165) is 48.2 Å². The Labute approximate surface area is 124 Å². The van der Waals surface area contributed by atoms with E-state index < -0.39 is 0 Å². The Kier molecular flexibility index (Phi) is 4.25. The first-order valence-electron chi connectivity index (χ1n) is 7.59. The van der Waals surface area contributed by atoms with Gasteiger partial charge < -0.3 is 14.5 Å². The van der Waals surface area contributed by atoms with Crippen molar-refractivity contribution in [1.29, 1.82) is 0 Å². The van der Waals surface area contributed by atoms with Crippen LogP contribution in [0, 0.1) is 6.92 Å². The van der Waals surface area contributed by atoms with Gasteiger partial charge in [0.2, 0.25) is 5.91 Å². The van der Waals surface area contributed by atoms with Crippen molar-refractivity contribution in [2.45, 2.75) is 45.3 Å². The van der Waals surface area contributed by atoms with Crippen LogP contribution in [-0.4, -0.2) is 18.6 Å². The minimum Gasteiger partial charge on any atom is -0.459 e. The molecule has 0 spiro atoms. The van der Waals surface area contributed by atoms with Gasteiger partial charge in [0.05, 0.1) is 12.6 Å². The molecule has 1 aromatic heterocycles. The molecule has 112 valence electrons. The van der Waals surface area contributed by atoms with Gasteiger partial charge in [0.1, 0.15) is 11.3 Å². The van der Waals surface area contributed by atoms with Crippen LogP contribution in [0.1, 0.15) is 37.0 Å². The fraction of sp³-hybridized carbons (Fsp3) is 0.471. The number of hydrogen-bond acceptors (Lipinski definition) is 3. The van der Waals surface area contributed by atoms with Crippen LogP contribution in [0.2, 0.25) is 0 Å². The van der Waals surface area contributed by atoms with Gasteiger partial charge in [-0.15, -0.1) is 0 Å². The summed E-state index contributed by atoms with van der Waals surface area (Å²) in [4.78, 5) is 11.9. The van der Waals surface area contributed by atoms with E-state index >= 15 is 0 Å². The first-order chi connectivity index (χ1) is 10.2.